The molecule has 1 amide bonds. The van der Waals surface area contributed by atoms with Crippen LogP contribution in [-0.4, -0.2) is 29.9 Å². The van der Waals surface area contributed by atoms with Gasteiger partial charge in [-0.2, -0.15) is 0 Å². The van der Waals surface area contributed by atoms with E-state index in [4.69, 9.17) is 9.88 Å². The van der Waals surface area contributed by atoms with Gasteiger partial charge in [0.25, 0.3) is 10.0 Å². The van der Waals surface area contributed by atoms with Crippen molar-refractivity contribution < 1.29 is 26.4 Å². The topological polar surface area (TPSA) is 145 Å². The van der Waals surface area contributed by atoms with E-state index in [1.54, 1.807) is 36.4 Å². The van der Waals surface area contributed by atoms with Gasteiger partial charge in [-0.25, -0.2) is 22.0 Å². The summed E-state index contributed by atoms with van der Waals surface area (Å²) in [4.78, 5) is 12.1. The second kappa shape index (κ2) is 9.86. The predicted molar refractivity (Wildman–Crippen MR) is 126 cm³/mol. The molecule has 4 N–H and O–H groups in total. The van der Waals surface area contributed by atoms with E-state index in [2.05, 4.69) is 10.0 Å². The number of ether oxygens (including phenoxy) is 1. The summed E-state index contributed by atoms with van der Waals surface area (Å²) in [6.45, 7) is 0. The third-order valence-corrected chi connectivity index (χ3v) is 6.69. The first-order chi connectivity index (χ1) is 15.6. The zero-order valence-corrected chi connectivity index (χ0v) is 19.1. The standard InChI is InChI=1S/C22H21N3O6S2/c1-31-21-8-3-2-7-20(21)25-33(29,30)18-12-9-16(10-13-18)11-14-22(26)24-17-5-4-6-19(15-17)32(23,27)28/h2-15,25H,1H3,(H,24,26)(H2,23,27,28)/b14-11+. The number of benzene rings is 3. The maximum Gasteiger partial charge on any atom is 0.262 e. The van der Waals surface area contributed by atoms with Gasteiger partial charge in [-0.1, -0.05) is 30.3 Å². The molecule has 3 aromatic carbocycles. The summed E-state index contributed by atoms with van der Waals surface area (Å²) in [5.74, 6) is -0.114. The number of rotatable bonds is 8. The summed E-state index contributed by atoms with van der Waals surface area (Å²) in [6, 6.07) is 18.1. The number of hydrogen-bond acceptors (Lipinski definition) is 6. The summed E-state index contributed by atoms with van der Waals surface area (Å²) in [7, 11) is -6.29. The van der Waals surface area contributed by atoms with E-state index in [0.29, 0.717) is 17.0 Å². The molecule has 0 aromatic heterocycles. The molecule has 0 radical (unpaired) electrons. The highest BCUT2D eigenvalue weighted by atomic mass is 32.2. The van der Waals surface area contributed by atoms with Crippen molar-refractivity contribution in [3.63, 3.8) is 0 Å². The van der Waals surface area contributed by atoms with Crippen LogP contribution >= 0.6 is 0 Å². The molecule has 0 saturated carbocycles. The third kappa shape index (κ3) is 6.42. The van der Waals surface area contributed by atoms with Gasteiger partial charge in [-0.05, 0) is 54.1 Å². The van der Waals surface area contributed by atoms with Crippen molar-refractivity contribution in [2.45, 2.75) is 9.79 Å². The lowest BCUT2D eigenvalue weighted by atomic mass is 10.2. The number of anilines is 2. The number of carbonyl (C=O) groups excluding carboxylic acids is 1. The summed E-state index contributed by atoms with van der Waals surface area (Å²) in [5, 5.41) is 7.62. The van der Waals surface area contributed by atoms with Crippen LogP contribution in [0.4, 0.5) is 11.4 Å². The van der Waals surface area contributed by atoms with Crippen LogP contribution in [0.15, 0.2) is 88.7 Å². The Morgan fingerprint density at radius 3 is 2.27 bits per heavy atom. The third-order valence-electron chi connectivity index (χ3n) is 4.40. The van der Waals surface area contributed by atoms with E-state index < -0.39 is 26.0 Å². The highest BCUT2D eigenvalue weighted by Gasteiger charge is 2.16. The molecular weight excluding hydrogens is 466 g/mol. The Kier molecular flexibility index (Phi) is 7.16. The maximum absolute atomic E-state index is 12.6. The zero-order valence-electron chi connectivity index (χ0n) is 17.4. The zero-order chi connectivity index (χ0) is 24.1. The smallest absolute Gasteiger partial charge is 0.262 e. The molecule has 172 valence electrons. The number of primary sulfonamides is 1. The number of methoxy groups -OCH3 is 1. The molecule has 0 saturated heterocycles. The summed E-state index contributed by atoms with van der Waals surface area (Å²) < 4.78 is 55.8. The van der Waals surface area contributed by atoms with Crippen molar-refractivity contribution in [2.75, 3.05) is 17.1 Å². The van der Waals surface area contributed by atoms with Crippen molar-refractivity contribution in [3.8, 4) is 5.75 Å². The second-order valence-corrected chi connectivity index (χ2v) is 10.0. The Labute approximate surface area is 192 Å². The van der Waals surface area contributed by atoms with E-state index >= 15 is 0 Å². The highest BCUT2D eigenvalue weighted by Crippen LogP contribution is 2.26. The molecule has 0 atom stereocenters. The van der Waals surface area contributed by atoms with E-state index in [9.17, 15) is 21.6 Å². The summed E-state index contributed by atoms with van der Waals surface area (Å²) in [5.41, 5.74) is 1.16. The number of hydrogen-bond donors (Lipinski definition) is 3. The second-order valence-electron chi connectivity index (χ2n) is 6.77. The lowest BCUT2D eigenvalue weighted by Crippen LogP contribution is -2.13. The van der Waals surface area contributed by atoms with E-state index in [-0.39, 0.29) is 15.5 Å². The molecule has 0 aliphatic heterocycles. The van der Waals surface area contributed by atoms with E-state index in [0.717, 1.165) is 0 Å². The Morgan fingerprint density at radius 2 is 1.61 bits per heavy atom. The van der Waals surface area contributed by atoms with Gasteiger partial charge in [-0.15, -0.1) is 0 Å². The molecule has 0 fully saturated rings. The van der Waals surface area contributed by atoms with Gasteiger partial charge in [0.1, 0.15) is 5.75 Å². The van der Waals surface area contributed by atoms with Gasteiger partial charge >= 0.3 is 0 Å². The van der Waals surface area contributed by atoms with Crippen molar-refractivity contribution in [1.29, 1.82) is 0 Å². The molecule has 3 aromatic rings. The van der Waals surface area contributed by atoms with Crippen LogP contribution in [0.1, 0.15) is 5.56 Å². The minimum absolute atomic E-state index is 0.0369. The van der Waals surface area contributed by atoms with Crippen LogP contribution in [0.3, 0.4) is 0 Å². The van der Waals surface area contributed by atoms with Crippen LogP contribution in [0.2, 0.25) is 0 Å². The fraction of sp³-hybridized carbons (Fsp3) is 0.0455. The van der Waals surface area contributed by atoms with Gasteiger partial charge < -0.3 is 10.1 Å². The first kappa shape index (κ1) is 24.0. The van der Waals surface area contributed by atoms with Crippen molar-refractivity contribution in [3.05, 3.63) is 84.4 Å². The van der Waals surface area contributed by atoms with Gasteiger partial charge in [0.2, 0.25) is 15.9 Å². The van der Waals surface area contributed by atoms with Gasteiger partial charge in [0.15, 0.2) is 0 Å². The molecule has 0 spiro atoms. The average Bonchev–Trinajstić information content (AvgIpc) is 2.78. The van der Waals surface area contributed by atoms with Crippen LogP contribution in [0.5, 0.6) is 5.75 Å². The largest absolute Gasteiger partial charge is 0.495 e. The van der Waals surface area contributed by atoms with Crippen molar-refractivity contribution >= 4 is 43.4 Å². The number of para-hydroxylation sites is 2. The van der Waals surface area contributed by atoms with Gasteiger partial charge in [0, 0.05) is 11.8 Å². The lowest BCUT2D eigenvalue weighted by molar-refractivity contribution is -0.111. The quantitative estimate of drug-likeness (QED) is 0.417. The molecule has 0 heterocycles. The van der Waals surface area contributed by atoms with Crippen LogP contribution in [0, 0.1) is 0 Å². The number of sulfonamides is 2. The van der Waals surface area contributed by atoms with Crippen LogP contribution in [0.25, 0.3) is 6.08 Å². The first-order valence-corrected chi connectivity index (χ1v) is 12.5. The molecule has 0 aliphatic carbocycles. The summed E-state index contributed by atoms with van der Waals surface area (Å²) >= 11 is 0. The minimum atomic E-state index is -3.89. The molecule has 33 heavy (non-hydrogen) atoms. The molecule has 0 unspecified atom stereocenters. The molecule has 0 bridgehead atoms. The van der Waals surface area contributed by atoms with Crippen molar-refractivity contribution in [2.24, 2.45) is 5.14 Å². The molecule has 3 rings (SSSR count). The van der Waals surface area contributed by atoms with Gasteiger partial charge in [-0.3, -0.25) is 9.52 Å². The Morgan fingerprint density at radius 1 is 0.909 bits per heavy atom. The number of carbonyl (C=O) groups is 1. The molecule has 11 heteroatoms. The normalized spacial score (nSPS) is 11.8. The fourth-order valence-corrected chi connectivity index (χ4v) is 4.43. The maximum atomic E-state index is 12.6. The molecule has 9 nitrogen and oxygen atoms in total. The van der Waals surface area contributed by atoms with E-state index in [1.807, 2.05) is 0 Å². The van der Waals surface area contributed by atoms with Crippen molar-refractivity contribution in [1.82, 2.24) is 0 Å². The monoisotopic (exact) mass is 487 g/mol. The predicted octanol–water partition coefficient (Wildman–Crippen LogP) is 2.80. The number of nitrogens with two attached hydrogens (primary N) is 1. The average molecular weight is 488 g/mol. The Bertz CT molecular complexity index is 1400. The molecule has 0 aliphatic rings. The Balaban J connectivity index is 1.68. The number of amides is 1. The highest BCUT2D eigenvalue weighted by molar-refractivity contribution is 7.92. The van der Waals surface area contributed by atoms with Crippen LogP contribution < -0.4 is 19.9 Å². The Hall–Kier alpha value is -3.67. The van der Waals surface area contributed by atoms with Gasteiger partial charge in [0.05, 0.1) is 22.6 Å². The molecular formula is C22H21N3O6S2. The summed E-state index contributed by atoms with van der Waals surface area (Å²) in [6.07, 6.45) is 2.73. The fourth-order valence-electron chi connectivity index (χ4n) is 2.80. The number of nitrogens with one attached hydrogen (secondary N) is 2. The van der Waals surface area contributed by atoms with E-state index in [1.165, 1.54) is 55.7 Å². The van der Waals surface area contributed by atoms with Crippen LogP contribution in [-0.2, 0) is 24.8 Å². The first-order valence-electron chi connectivity index (χ1n) is 9.46. The SMILES string of the molecule is COc1ccccc1NS(=O)(=O)c1ccc(/C=C/C(=O)Nc2cccc(S(N)(=O)=O)c2)cc1. The lowest BCUT2D eigenvalue weighted by Gasteiger charge is -2.11. The minimum Gasteiger partial charge on any atom is -0.495 e.